The first-order chi connectivity index (χ1) is 9.97. The first kappa shape index (κ1) is 16.1. The number of aryl methyl sites for hydroxylation is 2. The Balaban J connectivity index is 2.26. The Morgan fingerprint density at radius 3 is 2.52 bits per heavy atom. The molecule has 0 atom stereocenters. The maximum atomic E-state index is 14.1. The summed E-state index contributed by atoms with van der Waals surface area (Å²) in [5.41, 5.74) is 3.29. The molecule has 0 radical (unpaired) electrons. The summed E-state index contributed by atoms with van der Waals surface area (Å²) in [5, 5.41) is 3.30. The van der Waals surface area contributed by atoms with E-state index < -0.39 is 0 Å². The third-order valence-electron chi connectivity index (χ3n) is 3.47. The first-order valence-corrected chi connectivity index (χ1v) is 8.05. The van der Waals surface area contributed by atoms with Crippen molar-refractivity contribution >= 4 is 11.8 Å². The molecule has 0 amide bonds. The van der Waals surface area contributed by atoms with Crippen molar-refractivity contribution < 1.29 is 4.39 Å². The van der Waals surface area contributed by atoms with Gasteiger partial charge in [-0.15, -0.1) is 0 Å². The van der Waals surface area contributed by atoms with Crippen LogP contribution in [0.3, 0.4) is 0 Å². The van der Waals surface area contributed by atoms with E-state index in [-0.39, 0.29) is 5.82 Å². The van der Waals surface area contributed by atoms with Crippen molar-refractivity contribution in [1.29, 1.82) is 0 Å². The van der Waals surface area contributed by atoms with Crippen LogP contribution in [-0.4, -0.2) is 6.04 Å². The van der Waals surface area contributed by atoms with Crippen molar-refractivity contribution in [2.45, 2.75) is 50.1 Å². The first-order valence-electron chi connectivity index (χ1n) is 7.23. The zero-order valence-corrected chi connectivity index (χ0v) is 13.9. The van der Waals surface area contributed by atoms with Crippen LogP contribution in [0.1, 0.15) is 30.5 Å². The van der Waals surface area contributed by atoms with E-state index in [4.69, 9.17) is 0 Å². The molecule has 2 rings (SSSR count). The molecule has 0 aliphatic carbocycles. The average molecular weight is 303 g/mol. The molecule has 2 aromatic carbocycles. The number of hydrogen-bond acceptors (Lipinski definition) is 2. The Morgan fingerprint density at radius 1 is 1.10 bits per heavy atom. The van der Waals surface area contributed by atoms with Crippen molar-refractivity contribution in [3.63, 3.8) is 0 Å². The summed E-state index contributed by atoms with van der Waals surface area (Å²) < 4.78 is 14.1. The van der Waals surface area contributed by atoms with Gasteiger partial charge < -0.3 is 5.32 Å². The second kappa shape index (κ2) is 7.10. The van der Waals surface area contributed by atoms with E-state index in [0.29, 0.717) is 12.6 Å². The predicted molar refractivity (Wildman–Crippen MR) is 88.4 cm³/mol. The van der Waals surface area contributed by atoms with Gasteiger partial charge in [0, 0.05) is 27.9 Å². The van der Waals surface area contributed by atoms with Crippen LogP contribution in [0.25, 0.3) is 0 Å². The Kier molecular flexibility index (Phi) is 5.43. The van der Waals surface area contributed by atoms with Gasteiger partial charge in [-0.25, -0.2) is 4.39 Å². The molecule has 3 heteroatoms. The highest BCUT2D eigenvalue weighted by Gasteiger charge is 2.10. The van der Waals surface area contributed by atoms with E-state index in [2.05, 4.69) is 51.2 Å². The van der Waals surface area contributed by atoms with E-state index in [1.54, 1.807) is 17.8 Å². The molecule has 0 aromatic heterocycles. The standard InChI is InChI=1S/C18H22FNS/c1-12(2)20-11-16-17(19)6-5-7-18(16)21-15-9-8-13(3)14(4)10-15/h5-10,12,20H,11H2,1-4H3. The smallest absolute Gasteiger partial charge is 0.128 e. The van der Waals surface area contributed by atoms with Crippen LogP contribution in [0.4, 0.5) is 4.39 Å². The van der Waals surface area contributed by atoms with E-state index >= 15 is 0 Å². The van der Waals surface area contributed by atoms with Crippen molar-refractivity contribution in [2.24, 2.45) is 0 Å². The molecule has 0 unspecified atom stereocenters. The van der Waals surface area contributed by atoms with Gasteiger partial charge in [-0.3, -0.25) is 0 Å². The molecule has 0 aliphatic rings. The van der Waals surface area contributed by atoms with Gasteiger partial charge in [-0.2, -0.15) is 0 Å². The Morgan fingerprint density at radius 2 is 1.86 bits per heavy atom. The van der Waals surface area contributed by atoms with Crippen molar-refractivity contribution in [1.82, 2.24) is 5.32 Å². The van der Waals surface area contributed by atoms with Crippen molar-refractivity contribution in [3.05, 3.63) is 58.9 Å². The number of benzene rings is 2. The van der Waals surface area contributed by atoms with E-state index in [9.17, 15) is 4.39 Å². The largest absolute Gasteiger partial charge is 0.310 e. The lowest BCUT2D eigenvalue weighted by Gasteiger charge is -2.13. The number of rotatable bonds is 5. The molecule has 1 N–H and O–H groups in total. The highest BCUT2D eigenvalue weighted by Crippen LogP contribution is 2.32. The summed E-state index contributed by atoms with van der Waals surface area (Å²) in [7, 11) is 0. The van der Waals surface area contributed by atoms with Crippen LogP contribution in [0.2, 0.25) is 0 Å². The SMILES string of the molecule is Cc1ccc(Sc2cccc(F)c2CNC(C)C)cc1C. The minimum absolute atomic E-state index is 0.142. The summed E-state index contributed by atoms with van der Waals surface area (Å²) in [5.74, 6) is -0.142. The maximum absolute atomic E-state index is 14.1. The molecule has 0 saturated carbocycles. The summed E-state index contributed by atoms with van der Waals surface area (Å²) in [6.45, 7) is 8.89. The molecular weight excluding hydrogens is 281 g/mol. The zero-order valence-electron chi connectivity index (χ0n) is 13.0. The molecule has 0 saturated heterocycles. The quantitative estimate of drug-likeness (QED) is 0.825. The van der Waals surface area contributed by atoms with Gasteiger partial charge in [0.2, 0.25) is 0 Å². The summed E-state index contributed by atoms with van der Waals surface area (Å²) in [6.07, 6.45) is 0. The monoisotopic (exact) mass is 303 g/mol. The van der Waals surface area contributed by atoms with Crippen LogP contribution in [-0.2, 0) is 6.54 Å². The van der Waals surface area contributed by atoms with Gasteiger partial charge in [-0.05, 0) is 49.2 Å². The number of halogens is 1. The van der Waals surface area contributed by atoms with E-state index in [1.807, 2.05) is 6.07 Å². The topological polar surface area (TPSA) is 12.0 Å². The fraction of sp³-hybridized carbons (Fsp3) is 0.333. The minimum atomic E-state index is -0.142. The molecule has 0 aliphatic heterocycles. The Bertz CT molecular complexity index is 623. The van der Waals surface area contributed by atoms with E-state index in [0.717, 1.165) is 15.4 Å². The molecule has 2 aromatic rings. The van der Waals surface area contributed by atoms with Gasteiger partial charge >= 0.3 is 0 Å². The molecule has 0 bridgehead atoms. The highest BCUT2D eigenvalue weighted by molar-refractivity contribution is 7.99. The number of hydrogen-bond donors (Lipinski definition) is 1. The van der Waals surface area contributed by atoms with Crippen LogP contribution in [0, 0.1) is 19.7 Å². The van der Waals surface area contributed by atoms with Crippen LogP contribution >= 0.6 is 11.8 Å². The van der Waals surface area contributed by atoms with Gasteiger partial charge in [0.25, 0.3) is 0 Å². The summed E-state index contributed by atoms with van der Waals surface area (Å²) in [6, 6.07) is 12.0. The molecule has 0 fully saturated rings. The van der Waals surface area contributed by atoms with Gasteiger partial charge in [0.05, 0.1) is 0 Å². The van der Waals surface area contributed by atoms with Crippen LogP contribution < -0.4 is 5.32 Å². The maximum Gasteiger partial charge on any atom is 0.128 e. The van der Waals surface area contributed by atoms with Gasteiger partial charge in [0.1, 0.15) is 5.82 Å². The molecule has 1 nitrogen and oxygen atoms in total. The second-order valence-electron chi connectivity index (χ2n) is 5.60. The van der Waals surface area contributed by atoms with Gasteiger partial charge in [-0.1, -0.05) is 37.7 Å². The normalized spacial score (nSPS) is 11.1. The number of nitrogens with one attached hydrogen (secondary N) is 1. The third-order valence-corrected chi connectivity index (χ3v) is 4.56. The average Bonchev–Trinajstić information content (AvgIpc) is 2.42. The lowest BCUT2D eigenvalue weighted by molar-refractivity contribution is 0.546. The van der Waals surface area contributed by atoms with Crippen LogP contribution in [0.15, 0.2) is 46.2 Å². The molecule has 0 spiro atoms. The molecular formula is C18H22FNS. The lowest BCUT2D eigenvalue weighted by atomic mass is 10.1. The fourth-order valence-electron chi connectivity index (χ4n) is 2.02. The van der Waals surface area contributed by atoms with Crippen molar-refractivity contribution in [2.75, 3.05) is 0 Å². The summed E-state index contributed by atoms with van der Waals surface area (Å²) in [4.78, 5) is 2.13. The Labute approximate surface area is 131 Å². The van der Waals surface area contributed by atoms with Crippen molar-refractivity contribution in [3.8, 4) is 0 Å². The summed E-state index contributed by atoms with van der Waals surface area (Å²) >= 11 is 1.62. The fourth-order valence-corrected chi connectivity index (χ4v) is 3.08. The zero-order chi connectivity index (χ0) is 15.4. The molecule has 0 heterocycles. The minimum Gasteiger partial charge on any atom is -0.310 e. The molecule has 112 valence electrons. The molecule has 21 heavy (non-hydrogen) atoms. The predicted octanol–water partition coefficient (Wildman–Crippen LogP) is 5.09. The van der Waals surface area contributed by atoms with Gasteiger partial charge in [0.15, 0.2) is 0 Å². The Hall–Kier alpha value is -1.32. The lowest BCUT2D eigenvalue weighted by Crippen LogP contribution is -2.22. The van der Waals surface area contributed by atoms with Crippen LogP contribution in [0.5, 0.6) is 0 Å². The highest BCUT2D eigenvalue weighted by atomic mass is 32.2. The second-order valence-corrected chi connectivity index (χ2v) is 6.72. The third kappa shape index (κ3) is 4.32. The van der Waals surface area contributed by atoms with E-state index in [1.165, 1.54) is 17.2 Å².